The molecule has 19 heavy (non-hydrogen) atoms. The number of halogens is 3. The van der Waals surface area contributed by atoms with Gasteiger partial charge in [-0.05, 0) is 18.6 Å². The van der Waals surface area contributed by atoms with Crippen molar-refractivity contribution in [2.24, 2.45) is 10.8 Å². The number of ether oxygens (including phenoxy) is 1. The van der Waals surface area contributed by atoms with E-state index in [1.54, 1.807) is 6.07 Å². The zero-order valence-electron chi connectivity index (χ0n) is 10.3. The van der Waals surface area contributed by atoms with E-state index < -0.39 is 6.36 Å². The first-order valence-electron chi connectivity index (χ1n) is 5.58. The largest absolute Gasteiger partial charge is 0.573 e. The van der Waals surface area contributed by atoms with Gasteiger partial charge in [0.05, 0.1) is 0 Å². The number of benzene rings is 1. The van der Waals surface area contributed by atoms with Gasteiger partial charge in [-0.1, -0.05) is 13.0 Å². The maximum atomic E-state index is 12.1. The minimum Gasteiger partial charge on any atom is -0.406 e. The van der Waals surface area contributed by atoms with Crippen LogP contribution in [-0.2, 0) is 0 Å². The van der Waals surface area contributed by atoms with Gasteiger partial charge in [0, 0.05) is 18.3 Å². The van der Waals surface area contributed by atoms with Crippen LogP contribution < -0.4 is 21.3 Å². The number of nitrogens with two attached hydrogens (primary N) is 1. The molecule has 0 saturated carbocycles. The molecule has 0 amide bonds. The first-order chi connectivity index (χ1) is 8.94. The fraction of sp³-hybridized carbons (Fsp3) is 0.364. The van der Waals surface area contributed by atoms with Crippen molar-refractivity contribution < 1.29 is 17.9 Å². The standard InChI is InChI=1S/C11H15F3N4O/c1-2-6-16-10(18-15)17-8-4-3-5-9(7-8)19-11(12,13)14/h3-5,7H,2,6,15H2,1H3,(H2,16,17,18). The van der Waals surface area contributed by atoms with Crippen molar-refractivity contribution >= 4 is 11.6 Å². The Bertz CT molecular complexity index is 434. The van der Waals surface area contributed by atoms with E-state index in [0.29, 0.717) is 12.2 Å². The number of alkyl halides is 3. The molecule has 0 radical (unpaired) electrons. The predicted octanol–water partition coefficient (Wildman–Crippen LogP) is 2.23. The molecule has 0 fully saturated rings. The summed E-state index contributed by atoms with van der Waals surface area (Å²) >= 11 is 0. The molecule has 1 aromatic rings. The van der Waals surface area contributed by atoms with Crippen molar-refractivity contribution in [2.45, 2.75) is 19.7 Å². The molecule has 1 aromatic carbocycles. The summed E-state index contributed by atoms with van der Waals surface area (Å²) in [5.74, 6) is 5.20. The Morgan fingerprint density at radius 1 is 1.42 bits per heavy atom. The van der Waals surface area contributed by atoms with Crippen molar-refractivity contribution in [1.82, 2.24) is 5.43 Å². The fourth-order valence-corrected chi connectivity index (χ4v) is 1.25. The van der Waals surface area contributed by atoms with Gasteiger partial charge in [-0.25, -0.2) is 5.84 Å². The number of anilines is 1. The first-order valence-corrected chi connectivity index (χ1v) is 5.58. The molecular formula is C11H15F3N4O. The summed E-state index contributed by atoms with van der Waals surface area (Å²) in [5, 5.41) is 2.76. The molecule has 106 valence electrons. The number of hydrazine groups is 1. The third-order valence-electron chi connectivity index (χ3n) is 1.96. The number of guanidine groups is 1. The van der Waals surface area contributed by atoms with Gasteiger partial charge >= 0.3 is 6.36 Å². The summed E-state index contributed by atoms with van der Waals surface area (Å²) < 4.78 is 40.0. The lowest BCUT2D eigenvalue weighted by Gasteiger charge is -2.12. The van der Waals surface area contributed by atoms with Crippen LogP contribution in [-0.4, -0.2) is 18.9 Å². The molecule has 0 aliphatic heterocycles. The average Bonchev–Trinajstić information content (AvgIpc) is 2.32. The lowest BCUT2D eigenvalue weighted by atomic mass is 10.3. The molecule has 0 atom stereocenters. The Hall–Kier alpha value is -1.96. The quantitative estimate of drug-likeness (QED) is 0.341. The molecule has 0 spiro atoms. The molecular weight excluding hydrogens is 261 g/mol. The summed E-state index contributed by atoms with van der Waals surface area (Å²) in [5.41, 5.74) is 2.71. The Balaban J connectivity index is 2.76. The predicted molar refractivity (Wildman–Crippen MR) is 66.7 cm³/mol. The summed E-state index contributed by atoms with van der Waals surface area (Å²) in [7, 11) is 0. The fourth-order valence-electron chi connectivity index (χ4n) is 1.25. The molecule has 0 saturated heterocycles. The monoisotopic (exact) mass is 276 g/mol. The highest BCUT2D eigenvalue weighted by molar-refractivity contribution is 5.93. The smallest absolute Gasteiger partial charge is 0.406 e. The number of rotatable bonds is 4. The van der Waals surface area contributed by atoms with Crippen LogP contribution in [0.15, 0.2) is 29.3 Å². The van der Waals surface area contributed by atoms with Crippen molar-refractivity contribution in [3.05, 3.63) is 24.3 Å². The molecule has 0 aliphatic carbocycles. The molecule has 4 N–H and O–H groups in total. The van der Waals surface area contributed by atoms with Gasteiger partial charge in [0.1, 0.15) is 5.75 Å². The SMILES string of the molecule is CCCN=C(NN)Nc1cccc(OC(F)(F)F)c1. The van der Waals surface area contributed by atoms with Crippen molar-refractivity contribution in [3.63, 3.8) is 0 Å². The van der Waals surface area contributed by atoms with Crippen LogP contribution in [0.4, 0.5) is 18.9 Å². The number of nitrogens with one attached hydrogen (secondary N) is 2. The Labute approximate surface area is 108 Å². The molecule has 5 nitrogen and oxygen atoms in total. The highest BCUT2D eigenvalue weighted by Gasteiger charge is 2.31. The zero-order valence-corrected chi connectivity index (χ0v) is 10.3. The van der Waals surface area contributed by atoms with Crippen LogP contribution in [0, 0.1) is 0 Å². The van der Waals surface area contributed by atoms with E-state index in [1.807, 2.05) is 6.92 Å². The maximum Gasteiger partial charge on any atom is 0.573 e. The molecule has 0 bridgehead atoms. The summed E-state index contributed by atoms with van der Waals surface area (Å²) in [6, 6.07) is 5.41. The number of aliphatic imine (C=N–C) groups is 1. The number of nitrogens with zero attached hydrogens (tertiary/aromatic N) is 1. The van der Waals surface area contributed by atoms with E-state index in [2.05, 4.69) is 20.5 Å². The molecule has 0 aliphatic rings. The van der Waals surface area contributed by atoms with Gasteiger partial charge in [-0.15, -0.1) is 13.2 Å². The first kappa shape index (κ1) is 15.1. The van der Waals surface area contributed by atoms with Crippen molar-refractivity contribution in [3.8, 4) is 5.75 Å². The molecule has 8 heteroatoms. The molecule has 1 rings (SSSR count). The Morgan fingerprint density at radius 2 is 2.16 bits per heavy atom. The van der Waals surface area contributed by atoms with Gasteiger partial charge in [-0.2, -0.15) is 0 Å². The van der Waals surface area contributed by atoms with Crippen LogP contribution in [0.2, 0.25) is 0 Å². The van der Waals surface area contributed by atoms with Crippen molar-refractivity contribution in [2.75, 3.05) is 11.9 Å². The highest BCUT2D eigenvalue weighted by atomic mass is 19.4. The Morgan fingerprint density at radius 3 is 2.74 bits per heavy atom. The van der Waals surface area contributed by atoms with E-state index in [9.17, 15) is 13.2 Å². The van der Waals surface area contributed by atoms with Crippen LogP contribution in [0.25, 0.3) is 0 Å². The summed E-state index contributed by atoms with van der Waals surface area (Å²) in [6.45, 7) is 2.49. The van der Waals surface area contributed by atoms with Crippen LogP contribution in [0.1, 0.15) is 13.3 Å². The Kier molecular flexibility index (Phi) is 5.43. The second-order valence-corrected chi connectivity index (χ2v) is 3.58. The van der Waals surface area contributed by atoms with E-state index >= 15 is 0 Å². The minimum atomic E-state index is -4.72. The van der Waals surface area contributed by atoms with Crippen LogP contribution >= 0.6 is 0 Å². The van der Waals surface area contributed by atoms with Gasteiger partial charge in [-0.3, -0.25) is 10.4 Å². The van der Waals surface area contributed by atoms with E-state index in [1.165, 1.54) is 18.2 Å². The molecule has 0 unspecified atom stereocenters. The minimum absolute atomic E-state index is 0.269. The highest BCUT2D eigenvalue weighted by Crippen LogP contribution is 2.24. The second kappa shape index (κ2) is 6.83. The van der Waals surface area contributed by atoms with Crippen molar-refractivity contribution in [1.29, 1.82) is 0 Å². The van der Waals surface area contributed by atoms with Crippen LogP contribution in [0.3, 0.4) is 0 Å². The third-order valence-corrected chi connectivity index (χ3v) is 1.96. The van der Waals surface area contributed by atoms with Gasteiger partial charge in [0.15, 0.2) is 0 Å². The van der Waals surface area contributed by atoms with Gasteiger partial charge in [0.25, 0.3) is 0 Å². The summed E-state index contributed by atoms with van der Waals surface area (Å²) in [6.07, 6.45) is -3.89. The number of hydrogen-bond acceptors (Lipinski definition) is 3. The topological polar surface area (TPSA) is 71.7 Å². The van der Waals surface area contributed by atoms with E-state index in [-0.39, 0.29) is 11.7 Å². The summed E-state index contributed by atoms with van der Waals surface area (Å²) in [4.78, 5) is 4.07. The third kappa shape index (κ3) is 5.96. The normalized spacial score (nSPS) is 12.2. The van der Waals surface area contributed by atoms with E-state index in [4.69, 9.17) is 5.84 Å². The lowest BCUT2D eigenvalue weighted by Crippen LogP contribution is -2.36. The molecule has 0 aromatic heterocycles. The lowest BCUT2D eigenvalue weighted by molar-refractivity contribution is -0.274. The van der Waals surface area contributed by atoms with E-state index in [0.717, 1.165) is 6.42 Å². The molecule has 0 heterocycles. The maximum absolute atomic E-state index is 12.1. The van der Waals surface area contributed by atoms with Gasteiger partial charge < -0.3 is 10.1 Å². The second-order valence-electron chi connectivity index (χ2n) is 3.58. The average molecular weight is 276 g/mol. The number of hydrogen-bond donors (Lipinski definition) is 3. The zero-order chi connectivity index (χ0) is 14.3. The van der Waals surface area contributed by atoms with Gasteiger partial charge in [0.2, 0.25) is 5.96 Å². The van der Waals surface area contributed by atoms with Crippen LogP contribution in [0.5, 0.6) is 5.75 Å².